The Kier molecular flexibility index (Phi) is 5.71. The van der Waals surface area contributed by atoms with Gasteiger partial charge in [0.15, 0.2) is 0 Å². The molecule has 1 aliphatic rings. The molecule has 0 saturated carbocycles. The van der Waals surface area contributed by atoms with Crippen LogP contribution in [0.3, 0.4) is 0 Å². The molecule has 0 atom stereocenters. The summed E-state index contributed by atoms with van der Waals surface area (Å²) >= 11 is 1.12. The normalized spacial score (nSPS) is 16.1. The number of rotatable bonds is 5. The summed E-state index contributed by atoms with van der Waals surface area (Å²) in [5.41, 5.74) is 2.84. The second-order valence-electron chi connectivity index (χ2n) is 6.93. The third-order valence-corrected chi connectivity index (χ3v) is 5.68. The van der Waals surface area contributed by atoms with Gasteiger partial charge in [-0.25, -0.2) is 0 Å². The first-order valence-corrected chi connectivity index (χ1v) is 9.65. The average molecular weight is 359 g/mol. The summed E-state index contributed by atoms with van der Waals surface area (Å²) in [5.74, 6) is 0.662. The van der Waals surface area contributed by atoms with Gasteiger partial charge in [0, 0.05) is 23.3 Å². The molecule has 1 aromatic heterocycles. The molecule has 2 heterocycles. The molecule has 1 aliphatic heterocycles. The zero-order valence-electron chi connectivity index (χ0n) is 14.8. The fourth-order valence-corrected chi connectivity index (χ4v) is 3.85. The van der Waals surface area contributed by atoms with Crippen LogP contribution in [0.25, 0.3) is 0 Å². The fraction of sp³-hybridized carbons (Fsp3) is 0.474. The zero-order valence-corrected chi connectivity index (χ0v) is 15.6. The maximum Gasteiger partial charge on any atom is 0.307 e. The fourth-order valence-electron chi connectivity index (χ4n) is 3.11. The smallest absolute Gasteiger partial charge is 0.307 e. The maximum absolute atomic E-state index is 12.1. The molecule has 1 amide bonds. The maximum atomic E-state index is 12.1. The van der Waals surface area contributed by atoms with Crippen molar-refractivity contribution in [1.29, 1.82) is 0 Å². The molecular formula is C19H25N3O2S. The first-order chi connectivity index (χ1) is 12.0. The molecule has 0 unspecified atom stereocenters. The topological polar surface area (TPSA) is 54.3 Å². The lowest BCUT2D eigenvalue weighted by atomic mass is 9.99. The molecule has 0 spiro atoms. The van der Waals surface area contributed by atoms with Gasteiger partial charge >= 0.3 is 4.87 Å². The number of nitrogens with zero attached hydrogens (tertiary/aromatic N) is 2. The van der Waals surface area contributed by atoms with Crippen LogP contribution in [-0.2, 0) is 17.9 Å². The highest BCUT2D eigenvalue weighted by atomic mass is 32.1. The Morgan fingerprint density at radius 3 is 2.52 bits per heavy atom. The Hall–Kier alpha value is -1.92. The quantitative estimate of drug-likeness (QED) is 0.892. The van der Waals surface area contributed by atoms with Crippen molar-refractivity contribution in [3.8, 4) is 0 Å². The number of nitrogens with one attached hydrogen (secondary N) is 1. The molecule has 1 saturated heterocycles. The van der Waals surface area contributed by atoms with Crippen molar-refractivity contribution in [2.45, 2.75) is 39.8 Å². The summed E-state index contributed by atoms with van der Waals surface area (Å²) in [5, 5.41) is 4.63. The van der Waals surface area contributed by atoms with E-state index in [2.05, 4.69) is 29.3 Å². The van der Waals surface area contributed by atoms with Gasteiger partial charge in [-0.3, -0.25) is 19.1 Å². The Morgan fingerprint density at radius 2 is 1.92 bits per heavy atom. The molecule has 2 aromatic rings. The van der Waals surface area contributed by atoms with E-state index in [1.54, 1.807) is 5.38 Å². The summed E-state index contributed by atoms with van der Waals surface area (Å²) in [4.78, 5) is 26.2. The summed E-state index contributed by atoms with van der Waals surface area (Å²) in [7, 11) is 0. The van der Waals surface area contributed by atoms with E-state index in [4.69, 9.17) is 0 Å². The third-order valence-electron chi connectivity index (χ3n) is 4.80. The average Bonchev–Trinajstić information content (AvgIpc) is 2.90. The number of amides is 1. The van der Waals surface area contributed by atoms with E-state index in [1.165, 1.54) is 23.0 Å². The van der Waals surface area contributed by atoms with Crippen molar-refractivity contribution >= 4 is 22.9 Å². The van der Waals surface area contributed by atoms with Gasteiger partial charge in [0.2, 0.25) is 5.91 Å². The van der Waals surface area contributed by atoms with Gasteiger partial charge in [0.25, 0.3) is 0 Å². The lowest BCUT2D eigenvalue weighted by Crippen LogP contribution is -2.32. The second kappa shape index (κ2) is 7.97. The molecule has 6 heteroatoms. The van der Waals surface area contributed by atoms with Crippen LogP contribution in [0.1, 0.15) is 31.0 Å². The highest BCUT2D eigenvalue weighted by molar-refractivity contribution is 7.07. The number of thiazole rings is 1. The number of aryl methyl sites for hydroxylation is 1. The summed E-state index contributed by atoms with van der Waals surface area (Å²) < 4.78 is 1.49. The van der Waals surface area contributed by atoms with Crippen LogP contribution in [0.2, 0.25) is 0 Å². The first kappa shape index (κ1) is 17.9. The van der Waals surface area contributed by atoms with Gasteiger partial charge in [-0.1, -0.05) is 30.4 Å². The lowest BCUT2D eigenvalue weighted by Gasteiger charge is -2.30. The van der Waals surface area contributed by atoms with Crippen LogP contribution in [0.5, 0.6) is 0 Å². The Morgan fingerprint density at radius 1 is 1.24 bits per heavy atom. The highest BCUT2D eigenvalue weighted by Crippen LogP contribution is 2.19. The number of carbonyl (C=O) groups is 1. The molecule has 134 valence electrons. The van der Waals surface area contributed by atoms with Crippen LogP contribution < -0.4 is 10.2 Å². The molecule has 1 aromatic carbocycles. The van der Waals surface area contributed by atoms with Crippen molar-refractivity contribution in [1.82, 2.24) is 9.47 Å². The number of benzene rings is 1. The van der Waals surface area contributed by atoms with E-state index in [9.17, 15) is 9.59 Å². The van der Waals surface area contributed by atoms with Gasteiger partial charge in [-0.05, 0) is 56.5 Å². The predicted molar refractivity (Wildman–Crippen MR) is 102 cm³/mol. The number of aromatic nitrogens is 1. The highest BCUT2D eigenvalue weighted by Gasteiger charge is 2.15. The van der Waals surface area contributed by atoms with Crippen molar-refractivity contribution in [2.24, 2.45) is 5.92 Å². The Labute approximate surface area is 152 Å². The van der Waals surface area contributed by atoms with Crippen molar-refractivity contribution in [3.05, 3.63) is 50.6 Å². The summed E-state index contributed by atoms with van der Waals surface area (Å²) in [6.07, 6.45) is 2.55. The number of piperidine rings is 1. The molecular weight excluding hydrogens is 334 g/mol. The summed E-state index contributed by atoms with van der Waals surface area (Å²) in [6, 6.07) is 8.00. The van der Waals surface area contributed by atoms with Crippen molar-refractivity contribution in [3.63, 3.8) is 0 Å². The zero-order chi connectivity index (χ0) is 17.8. The largest absolute Gasteiger partial charge is 0.325 e. The van der Waals surface area contributed by atoms with Gasteiger partial charge in [-0.2, -0.15) is 0 Å². The minimum Gasteiger partial charge on any atom is -0.325 e. The van der Waals surface area contributed by atoms with Gasteiger partial charge in [-0.15, -0.1) is 0 Å². The number of likely N-dealkylation sites (tertiary alicyclic amines) is 1. The molecule has 1 N–H and O–H groups in total. The number of anilines is 1. The molecule has 5 nitrogen and oxygen atoms in total. The molecule has 0 aliphatic carbocycles. The molecule has 25 heavy (non-hydrogen) atoms. The van der Waals surface area contributed by atoms with Crippen LogP contribution in [0, 0.1) is 12.8 Å². The molecule has 1 fully saturated rings. The van der Waals surface area contributed by atoms with E-state index < -0.39 is 0 Å². The second-order valence-corrected chi connectivity index (χ2v) is 7.75. The molecule has 3 rings (SSSR count). The van der Waals surface area contributed by atoms with Crippen LogP contribution in [0.15, 0.2) is 34.4 Å². The number of hydrogen-bond acceptors (Lipinski definition) is 4. The monoisotopic (exact) mass is 359 g/mol. The molecule has 0 radical (unpaired) electrons. The van der Waals surface area contributed by atoms with E-state index in [-0.39, 0.29) is 17.3 Å². The van der Waals surface area contributed by atoms with Crippen molar-refractivity contribution in [2.75, 3.05) is 18.4 Å². The number of carbonyl (C=O) groups excluding carboxylic acids is 1. The van der Waals surface area contributed by atoms with Crippen molar-refractivity contribution < 1.29 is 4.79 Å². The Balaban J connectivity index is 1.53. The van der Waals surface area contributed by atoms with E-state index >= 15 is 0 Å². The van der Waals surface area contributed by atoms with Gasteiger partial charge < -0.3 is 5.32 Å². The lowest BCUT2D eigenvalue weighted by molar-refractivity contribution is -0.116. The predicted octanol–water partition coefficient (Wildman–Crippen LogP) is 3.09. The summed E-state index contributed by atoms with van der Waals surface area (Å²) in [6.45, 7) is 7.50. The molecule has 0 bridgehead atoms. The van der Waals surface area contributed by atoms with Crippen LogP contribution in [0.4, 0.5) is 5.69 Å². The first-order valence-electron chi connectivity index (χ1n) is 8.77. The van der Waals surface area contributed by atoms with Gasteiger partial charge in [0.05, 0.1) is 0 Å². The third kappa shape index (κ3) is 4.80. The van der Waals surface area contributed by atoms with E-state index in [0.717, 1.165) is 48.3 Å². The number of hydrogen-bond donors (Lipinski definition) is 1. The SMILES string of the molecule is Cc1csc(=O)n1CC(=O)Nc1ccc(CN2CCC(C)CC2)cc1. The van der Waals surface area contributed by atoms with Gasteiger partial charge in [0.1, 0.15) is 6.54 Å². The van der Waals surface area contributed by atoms with E-state index in [1.807, 2.05) is 19.1 Å². The van der Waals surface area contributed by atoms with Crippen LogP contribution >= 0.6 is 11.3 Å². The van der Waals surface area contributed by atoms with Crippen LogP contribution in [-0.4, -0.2) is 28.5 Å². The Bertz CT molecular complexity index is 771. The minimum atomic E-state index is -0.179. The van der Waals surface area contributed by atoms with E-state index in [0.29, 0.717) is 0 Å². The standard InChI is InChI=1S/C19H25N3O2S/c1-14-7-9-21(10-8-14)11-16-3-5-17(6-4-16)20-18(23)12-22-15(2)13-25-19(22)24/h3-6,13-14H,7-12H2,1-2H3,(H,20,23). The minimum absolute atomic E-state index is 0.0574.